The van der Waals surface area contributed by atoms with Crippen molar-refractivity contribution >= 4 is 18.3 Å². The molecule has 1 fully saturated rings. The number of amides is 1. The molecule has 5 nitrogen and oxygen atoms in total. The van der Waals surface area contributed by atoms with E-state index in [4.69, 9.17) is 4.74 Å². The van der Waals surface area contributed by atoms with Crippen LogP contribution in [0.1, 0.15) is 38.3 Å². The first kappa shape index (κ1) is 21.7. The smallest absolute Gasteiger partial charge is 0.236 e. The maximum atomic E-state index is 12.8. The molecule has 1 saturated heterocycles. The number of halogens is 1. The van der Waals surface area contributed by atoms with Gasteiger partial charge in [0.2, 0.25) is 5.91 Å². The number of nitrogens with zero attached hydrogens (tertiary/aromatic N) is 2. The highest BCUT2D eigenvalue weighted by molar-refractivity contribution is 5.85. The van der Waals surface area contributed by atoms with Crippen molar-refractivity contribution in [2.45, 2.75) is 32.7 Å². The molecule has 1 aliphatic rings. The third-order valence-electron chi connectivity index (χ3n) is 4.53. The molecule has 0 bridgehead atoms. The summed E-state index contributed by atoms with van der Waals surface area (Å²) in [5.74, 6) is 1.13. The van der Waals surface area contributed by atoms with Crippen LogP contribution in [0.5, 0.6) is 5.75 Å². The number of piperazine rings is 1. The largest absolute Gasteiger partial charge is 0.496 e. The van der Waals surface area contributed by atoms with Crippen molar-refractivity contribution < 1.29 is 9.53 Å². The van der Waals surface area contributed by atoms with Gasteiger partial charge in [0, 0.05) is 38.3 Å². The number of carbonyl (C=O) groups excluding carboxylic acids is 1. The monoisotopic (exact) mass is 369 g/mol. The molecule has 1 aromatic carbocycles. The van der Waals surface area contributed by atoms with E-state index in [9.17, 15) is 4.79 Å². The summed E-state index contributed by atoms with van der Waals surface area (Å²) < 4.78 is 5.53. The summed E-state index contributed by atoms with van der Waals surface area (Å²) in [5, 5.41) is 3.45. The lowest BCUT2D eigenvalue weighted by Gasteiger charge is -2.37. The predicted molar refractivity (Wildman–Crippen MR) is 105 cm³/mol. The number of carbonyl (C=O) groups is 1. The number of nitrogens with one attached hydrogen (secondary N) is 1. The zero-order chi connectivity index (χ0) is 17.4. The van der Waals surface area contributed by atoms with Crippen LogP contribution < -0.4 is 10.1 Å². The number of rotatable bonds is 8. The van der Waals surface area contributed by atoms with Gasteiger partial charge < -0.3 is 15.0 Å². The van der Waals surface area contributed by atoms with Gasteiger partial charge in [0.15, 0.2) is 0 Å². The number of benzene rings is 1. The fraction of sp³-hybridized carbons (Fsp3) is 0.632. The third kappa shape index (κ3) is 5.87. The van der Waals surface area contributed by atoms with Gasteiger partial charge in [-0.3, -0.25) is 9.69 Å². The zero-order valence-corrected chi connectivity index (χ0v) is 16.5. The molecule has 1 N–H and O–H groups in total. The molecule has 0 spiro atoms. The van der Waals surface area contributed by atoms with Gasteiger partial charge in [-0.05, 0) is 18.9 Å². The minimum absolute atomic E-state index is 0. The van der Waals surface area contributed by atoms with Crippen LogP contribution in [0.3, 0.4) is 0 Å². The lowest BCUT2D eigenvalue weighted by Crippen LogP contribution is -2.50. The Kier molecular flexibility index (Phi) is 9.86. The molecule has 6 heteroatoms. The van der Waals surface area contributed by atoms with E-state index in [0.29, 0.717) is 6.54 Å². The Balaban J connectivity index is 0.00000312. The van der Waals surface area contributed by atoms with Gasteiger partial charge in [0.05, 0.1) is 19.7 Å². The van der Waals surface area contributed by atoms with Crippen LogP contribution in [0.15, 0.2) is 24.3 Å². The van der Waals surface area contributed by atoms with Crippen LogP contribution in [0, 0.1) is 0 Å². The molecule has 1 aliphatic heterocycles. The summed E-state index contributed by atoms with van der Waals surface area (Å²) in [5.41, 5.74) is 1.15. The third-order valence-corrected chi connectivity index (χ3v) is 4.53. The summed E-state index contributed by atoms with van der Waals surface area (Å²) in [6, 6.07) is 8.28. The molecule has 0 aromatic heterocycles. The second-order valence-corrected chi connectivity index (χ2v) is 6.31. The van der Waals surface area contributed by atoms with E-state index in [2.05, 4.69) is 30.1 Å². The summed E-state index contributed by atoms with van der Waals surface area (Å²) in [4.78, 5) is 17.0. The molecule has 0 aliphatic carbocycles. The molecule has 0 radical (unpaired) electrons. The number of para-hydroxylation sites is 1. The van der Waals surface area contributed by atoms with Crippen LogP contribution in [0.2, 0.25) is 0 Å². The lowest BCUT2D eigenvalue weighted by molar-refractivity contribution is -0.133. The maximum Gasteiger partial charge on any atom is 0.236 e. The van der Waals surface area contributed by atoms with Gasteiger partial charge in [-0.2, -0.15) is 0 Å². The molecule has 1 aromatic rings. The molecular weight excluding hydrogens is 338 g/mol. The van der Waals surface area contributed by atoms with Gasteiger partial charge in [0.25, 0.3) is 0 Å². The molecule has 1 heterocycles. The summed E-state index contributed by atoms with van der Waals surface area (Å²) >= 11 is 0. The van der Waals surface area contributed by atoms with E-state index in [-0.39, 0.29) is 24.4 Å². The van der Waals surface area contributed by atoms with Crippen molar-refractivity contribution in [2.75, 3.05) is 46.4 Å². The molecule has 2 rings (SSSR count). The number of hydrogen-bond acceptors (Lipinski definition) is 4. The molecule has 0 saturated carbocycles. The predicted octanol–water partition coefficient (Wildman–Crippen LogP) is 2.71. The molecule has 1 unspecified atom stereocenters. The molecular formula is C19H32ClN3O2. The van der Waals surface area contributed by atoms with E-state index < -0.39 is 0 Å². The van der Waals surface area contributed by atoms with Crippen LogP contribution in [-0.4, -0.2) is 62.1 Å². The van der Waals surface area contributed by atoms with E-state index in [1.165, 1.54) is 0 Å². The van der Waals surface area contributed by atoms with Gasteiger partial charge in [-0.15, -0.1) is 12.4 Å². The lowest BCUT2D eigenvalue weighted by atomic mass is 10.0. The van der Waals surface area contributed by atoms with Gasteiger partial charge >= 0.3 is 0 Å². The van der Waals surface area contributed by atoms with Crippen molar-refractivity contribution in [2.24, 2.45) is 0 Å². The van der Waals surface area contributed by atoms with Gasteiger partial charge in [-0.1, -0.05) is 32.0 Å². The van der Waals surface area contributed by atoms with Gasteiger partial charge in [-0.25, -0.2) is 0 Å². The molecule has 25 heavy (non-hydrogen) atoms. The SMILES string of the molecule is CCCN(CCC)C(=O)CN1CCNCC1c1ccccc1OC.Cl. The normalized spacial score (nSPS) is 17.6. The average molecular weight is 370 g/mol. The van der Waals surface area contributed by atoms with Gasteiger partial charge in [0.1, 0.15) is 5.75 Å². The van der Waals surface area contributed by atoms with Crippen molar-refractivity contribution in [3.63, 3.8) is 0 Å². The Bertz CT molecular complexity index is 521. The van der Waals surface area contributed by atoms with E-state index in [1.807, 2.05) is 23.1 Å². The Hall–Kier alpha value is -1.30. The summed E-state index contributed by atoms with van der Waals surface area (Å²) in [6.07, 6.45) is 2.01. The standard InChI is InChI=1S/C19H31N3O2.ClH/c1-4-11-21(12-5-2)19(23)15-22-13-10-20-14-17(22)16-8-6-7-9-18(16)24-3;/h6-9,17,20H,4-5,10-15H2,1-3H3;1H. The first-order valence-corrected chi connectivity index (χ1v) is 9.06. The maximum absolute atomic E-state index is 12.8. The minimum Gasteiger partial charge on any atom is -0.496 e. The fourth-order valence-electron chi connectivity index (χ4n) is 3.36. The second kappa shape index (κ2) is 11.3. The van der Waals surface area contributed by atoms with Crippen LogP contribution in [0.4, 0.5) is 0 Å². The zero-order valence-electron chi connectivity index (χ0n) is 15.7. The summed E-state index contributed by atoms with van der Waals surface area (Å²) in [6.45, 7) is 9.05. The Morgan fingerprint density at radius 3 is 2.60 bits per heavy atom. The molecule has 1 atom stereocenters. The van der Waals surface area contributed by atoms with Crippen LogP contribution in [0.25, 0.3) is 0 Å². The van der Waals surface area contributed by atoms with Crippen molar-refractivity contribution in [3.8, 4) is 5.75 Å². The van der Waals surface area contributed by atoms with Crippen molar-refractivity contribution in [1.82, 2.24) is 15.1 Å². The van der Waals surface area contributed by atoms with E-state index in [1.54, 1.807) is 7.11 Å². The summed E-state index contributed by atoms with van der Waals surface area (Å²) in [7, 11) is 1.70. The quantitative estimate of drug-likeness (QED) is 0.765. The average Bonchev–Trinajstić information content (AvgIpc) is 2.62. The highest BCUT2D eigenvalue weighted by Gasteiger charge is 2.28. The second-order valence-electron chi connectivity index (χ2n) is 6.31. The van der Waals surface area contributed by atoms with Crippen LogP contribution >= 0.6 is 12.4 Å². The first-order valence-electron chi connectivity index (χ1n) is 9.06. The minimum atomic E-state index is 0. The number of ether oxygens (including phenoxy) is 1. The Morgan fingerprint density at radius 1 is 1.28 bits per heavy atom. The number of methoxy groups -OCH3 is 1. The van der Waals surface area contributed by atoms with Crippen LogP contribution in [-0.2, 0) is 4.79 Å². The van der Waals surface area contributed by atoms with E-state index >= 15 is 0 Å². The van der Waals surface area contributed by atoms with Crippen molar-refractivity contribution in [1.29, 1.82) is 0 Å². The highest BCUT2D eigenvalue weighted by Crippen LogP contribution is 2.30. The molecule has 142 valence electrons. The number of hydrogen-bond donors (Lipinski definition) is 1. The fourth-order valence-corrected chi connectivity index (χ4v) is 3.36. The topological polar surface area (TPSA) is 44.8 Å². The first-order chi connectivity index (χ1) is 11.7. The highest BCUT2D eigenvalue weighted by atomic mass is 35.5. The van der Waals surface area contributed by atoms with Crippen molar-refractivity contribution in [3.05, 3.63) is 29.8 Å². The Labute approximate surface area is 158 Å². The Morgan fingerprint density at radius 2 is 1.96 bits per heavy atom. The molecule has 1 amide bonds. The van der Waals surface area contributed by atoms with E-state index in [0.717, 1.165) is 56.9 Å².